The zero-order valence-corrected chi connectivity index (χ0v) is 12.8. The summed E-state index contributed by atoms with van der Waals surface area (Å²) in [5.41, 5.74) is 5.80. The van der Waals surface area contributed by atoms with E-state index in [4.69, 9.17) is 28.9 Å². The van der Waals surface area contributed by atoms with E-state index in [1.807, 2.05) is 13.8 Å². The van der Waals surface area contributed by atoms with E-state index in [1.54, 1.807) is 24.3 Å². The molecule has 4 nitrogen and oxygen atoms in total. The Balaban J connectivity index is 2.86. The number of amides is 2. The SMILES string of the molecule is CC(C)N(CC(N)=O)C(=O)/C=C/c1ccc(Cl)cc1Cl. The van der Waals surface area contributed by atoms with Gasteiger partial charge in [0.25, 0.3) is 0 Å². The molecule has 2 amide bonds. The summed E-state index contributed by atoms with van der Waals surface area (Å²) < 4.78 is 0. The van der Waals surface area contributed by atoms with Crippen molar-refractivity contribution in [3.05, 3.63) is 39.9 Å². The molecular weight excluding hydrogens is 299 g/mol. The lowest BCUT2D eigenvalue weighted by Crippen LogP contribution is -2.41. The minimum Gasteiger partial charge on any atom is -0.368 e. The van der Waals surface area contributed by atoms with Crippen molar-refractivity contribution in [2.75, 3.05) is 6.54 Å². The quantitative estimate of drug-likeness (QED) is 0.849. The van der Waals surface area contributed by atoms with Crippen molar-refractivity contribution >= 4 is 41.1 Å². The van der Waals surface area contributed by atoms with Crippen LogP contribution in [0, 0.1) is 0 Å². The van der Waals surface area contributed by atoms with Gasteiger partial charge in [-0.1, -0.05) is 29.3 Å². The summed E-state index contributed by atoms with van der Waals surface area (Å²) in [5, 5.41) is 0.976. The highest BCUT2D eigenvalue weighted by Crippen LogP contribution is 2.22. The Morgan fingerprint density at radius 1 is 1.35 bits per heavy atom. The van der Waals surface area contributed by atoms with E-state index in [0.717, 1.165) is 0 Å². The molecule has 0 radical (unpaired) electrons. The number of hydrogen-bond acceptors (Lipinski definition) is 2. The molecule has 0 saturated carbocycles. The lowest BCUT2D eigenvalue weighted by atomic mass is 10.2. The van der Waals surface area contributed by atoms with Gasteiger partial charge in [0.05, 0.1) is 6.54 Å². The van der Waals surface area contributed by atoms with Gasteiger partial charge in [-0.15, -0.1) is 0 Å². The molecule has 108 valence electrons. The van der Waals surface area contributed by atoms with E-state index in [-0.39, 0.29) is 18.5 Å². The normalized spacial score (nSPS) is 11.1. The second-order valence-electron chi connectivity index (χ2n) is 4.53. The van der Waals surface area contributed by atoms with Crippen LogP contribution in [0.4, 0.5) is 0 Å². The van der Waals surface area contributed by atoms with Crippen molar-refractivity contribution in [1.82, 2.24) is 4.90 Å². The van der Waals surface area contributed by atoms with Gasteiger partial charge in [-0.05, 0) is 37.6 Å². The number of rotatable bonds is 5. The van der Waals surface area contributed by atoms with Crippen LogP contribution in [0.5, 0.6) is 0 Å². The van der Waals surface area contributed by atoms with E-state index in [9.17, 15) is 9.59 Å². The van der Waals surface area contributed by atoms with Crippen LogP contribution in [0.25, 0.3) is 6.08 Å². The molecule has 0 bridgehead atoms. The van der Waals surface area contributed by atoms with E-state index in [0.29, 0.717) is 15.6 Å². The highest BCUT2D eigenvalue weighted by Gasteiger charge is 2.16. The van der Waals surface area contributed by atoms with Gasteiger partial charge < -0.3 is 10.6 Å². The molecule has 0 spiro atoms. The molecule has 0 atom stereocenters. The summed E-state index contributed by atoms with van der Waals surface area (Å²) >= 11 is 11.8. The maximum Gasteiger partial charge on any atom is 0.247 e. The van der Waals surface area contributed by atoms with Crippen LogP contribution >= 0.6 is 23.2 Å². The second kappa shape index (κ2) is 7.31. The van der Waals surface area contributed by atoms with E-state index >= 15 is 0 Å². The average Bonchev–Trinajstić information content (AvgIpc) is 2.34. The van der Waals surface area contributed by atoms with Gasteiger partial charge in [0, 0.05) is 22.2 Å². The van der Waals surface area contributed by atoms with E-state index in [1.165, 1.54) is 11.0 Å². The third kappa shape index (κ3) is 4.87. The largest absolute Gasteiger partial charge is 0.368 e. The molecular formula is C14H16Cl2N2O2. The molecule has 0 saturated heterocycles. The number of carbonyl (C=O) groups is 2. The molecule has 20 heavy (non-hydrogen) atoms. The Hall–Kier alpha value is -1.52. The van der Waals surface area contributed by atoms with Crippen LogP contribution in [0.15, 0.2) is 24.3 Å². The van der Waals surface area contributed by atoms with Gasteiger partial charge in [-0.3, -0.25) is 9.59 Å². The zero-order valence-electron chi connectivity index (χ0n) is 11.3. The molecule has 6 heteroatoms. The minimum atomic E-state index is -0.551. The smallest absolute Gasteiger partial charge is 0.247 e. The number of halogens is 2. The molecule has 0 aromatic heterocycles. The zero-order chi connectivity index (χ0) is 15.3. The van der Waals surface area contributed by atoms with Crippen LogP contribution < -0.4 is 5.73 Å². The third-order valence-corrected chi connectivity index (χ3v) is 3.16. The van der Waals surface area contributed by atoms with Gasteiger partial charge in [0.1, 0.15) is 0 Å². The number of benzene rings is 1. The first-order valence-corrected chi connectivity index (χ1v) is 6.79. The van der Waals surface area contributed by atoms with Crippen molar-refractivity contribution in [1.29, 1.82) is 0 Å². The topological polar surface area (TPSA) is 63.4 Å². The summed E-state index contributed by atoms with van der Waals surface area (Å²) in [5.74, 6) is -0.852. The molecule has 0 aliphatic heterocycles. The minimum absolute atomic E-state index is 0.116. The van der Waals surface area contributed by atoms with Crippen molar-refractivity contribution in [2.24, 2.45) is 5.73 Å². The van der Waals surface area contributed by atoms with E-state index < -0.39 is 5.91 Å². The lowest BCUT2D eigenvalue weighted by Gasteiger charge is -2.23. The van der Waals surface area contributed by atoms with Gasteiger partial charge in [-0.2, -0.15) is 0 Å². The number of nitrogens with zero attached hydrogens (tertiary/aromatic N) is 1. The number of carbonyl (C=O) groups excluding carboxylic acids is 2. The van der Waals surface area contributed by atoms with Crippen molar-refractivity contribution in [2.45, 2.75) is 19.9 Å². The Labute approximate surface area is 128 Å². The van der Waals surface area contributed by atoms with Crippen molar-refractivity contribution in [3.63, 3.8) is 0 Å². The molecule has 0 aliphatic rings. The predicted molar refractivity (Wildman–Crippen MR) is 81.5 cm³/mol. The van der Waals surface area contributed by atoms with Crippen LogP contribution in [0.1, 0.15) is 19.4 Å². The molecule has 1 rings (SSSR count). The highest BCUT2D eigenvalue weighted by atomic mass is 35.5. The van der Waals surface area contributed by atoms with Crippen LogP contribution in [-0.4, -0.2) is 29.3 Å². The Morgan fingerprint density at radius 2 is 2.00 bits per heavy atom. The fraction of sp³-hybridized carbons (Fsp3) is 0.286. The molecule has 0 fully saturated rings. The standard InChI is InChI=1S/C14H16Cl2N2O2/c1-9(2)18(8-13(17)19)14(20)6-4-10-3-5-11(15)7-12(10)16/h3-7,9H,8H2,1-2H3,(H2,17,19)/b6-4+. The Morgan fingerprint density at radius 3 is 2.50 bits per heavy atom. The fourth-order valence-electron chi connectivity index (χ4n) is 1.58. The number of hydrogen-bond donors (Lipinski definition) is 1. The molecule has 0 heterocycles. The lowest BCUT2D eigenvalue weighted by molar-refractivity contribution is -0.132. The summed E-state index contributed by atoms with van der Waals surface area (Å²) in [6.07, 6.45) is 2.94. The Bertz CT molecular complexity index is 542. The average molecular weight is 315 g/mol. The van der Waals surface area contributed by atoms with Crippen LogP contribution in [-0.2, 0) is 9.59 Å². The third-order valence-electron chi connectivity index (χ3n) is 2.60. The summed E-state index contributed by atoms with van der Waals surface area (Å²) in [7, 11) is 0. The van der Waals surface area contributed by atoms with Crippen LogP contribution in [0.2, 0.25) is 10.0 Å². The molecule has 2 N–H and O–H groups in total. The summed E-state index contributed by atoms with van der Waals surface area (Å²) in [6.45, 7) is 3.50. The maximum atomic E-state index is 12.0. The van der Waals surface area contributed by atoms with Crippen molar-refractivity contribution in [3.8, 4) is 0 Å². The molecule has 1 aromatic carbocycles. The molecule has 1 aromatic rings. The van der Waals surface area contributed by atoms with Gasteiger partial charge >= 0.3 is 0 Å². The first kappa shape index (κ1) is 16.5. The molecule has 0 aliphatic carbocycles. The van der Waals surface area contributed by atoms with Gasteiger partial charge in [0.15, 0.2) is 0 Å². The van der Waals surface area contributed by atoms with Gasteiger partial charge in [-0.25, -0.2) is 0 Å². The fourth-order valence-corrected chi connectivity index (χ4v) is 2.05. The second-order valence-corrected chi connectivity index (χ2v) is 5.37. The first-order valence-electron chi connectivity index (χ1n) is 6.03. The summed E-state index contributed by atoms with van der Waals surface area (Å²) in [6, 6.07) is 4.86. The summed E-state index contributed by atoms with van der Waals surface area (Å²) in [4.78, 5) is 24.4. The first-order chi connectivity index (χ1) is 9.31. The monoisotopic (exact) mass is 314 g/mol. The number of nitrogens with two attached hydrogens (primary N) is 1. The van der Waals surface area contributed by atoms with Gasteiger partial charge in [0.2, 0.25) is 11.8 Å². The van der Waals surface area contributed by atoms with Crippen LogP contribution in [0.3, 0.4) is 0 Å². The predicted octanol–water partition coefficient (Wildman–Crippen LogP) is 2.73. The maximum absolute atomic E-state index is 12.0. The van der Waals surface area contributed by atoms with E-state index in [2.05, 4.69) is 0 Å². The molecule has 0 unspecified atom stereocenters. The number of primary amides is 1. The highest BCUT2D eigenvalue weighted by molar-refractivity contribution is 6.35. The Kier molecular flexibility index (Phi) is 6.05. The van der Waals surface area contributed by atoms with Crippen molar-refractivity contribution < 1.29 is 9.59 Å².